The van der Waals surface area contributed by atoms with Crippen molar-refractivity contribution >= 4 is 12.0 Å². The number of likely N-dealkylation sites (tertiary alicyclic amines) is 1. The van der Waals surface area contributed by atoms with Gasteiger partial charge in [0.25, 0.3) is 0 Å². The average Bonchev–Trinajstić information content (AvgIpc) is 3.30. The van der Waals surface area contributed by atoms with Crippen molar-refractivity contribution in [2.75, 3.05) is 13.1 Å². The lowest BCUT2D eigenvalue weighted by Gasteiger charge is -2.40. The van der Waals surface area contributed by atoms with E-state index in [4.69, 9.17) is 10.5 Å². The zero-order valence-corrected chi connectivity index (χ0v) is 15.7. The van der Waals surface area contributed by atoms with E-state index in [0.29, 0.717) is 19.1 Å². The van der Waals surface area contributed by atoms with Crippen LogP contribution in [0.2, 0.25) is 0 Å². The summed E-state index contributed by atoms with van der Waals surface area (Å²) >= 11 is 0. The van der Waals surface area contributed by atoms with Crippen molar-refractivity contribution in [2.24, 2.45) is 11.7 Å². The van der Waals surface area contributed by atoms with Crippen LogP contribution >= 0.6 is 0 Å². The fourth-order valence-electron chi connectivity index (χ4n) is 3.12. The van der Waals surface area contributed by atoms with E-state index in [1.807, 2.05) is 39.5 Å². The van der Waals surface area contributed by atoms with Crippen LogP contribution < -0.4 is 5.73 Å². The third-order valence-electron chi connectivity index (χ3n) is 4.71. The Bertz CT molecular complexity index is 461. The Balaban J connectivity index is 1.94. The summed E-state index contributed by atoms with van der Waals surface area (Å²) in [7, 11) is 0. The van der Waals surface area contributed by atoms with Gasteiger partial charge in [-0.25, -0.2) is 4.79 Å². The standard InChI is InChI=1S/C18H33N3O3/c1-12(2)15(19)16(22)21(13-6-7-13)14-8-10-20(11-9-14)17(23)24-18(3,4)5/h12-15H,6-11,19H2,1-5H3. The van der Waals surface area contributed by atoms with Crippen LogP contribution in [0.15, 0.2) is 0 Å². The third kappa shape index (κ3) is 4.85. The summed E-state index contributed by atoms with van der Waals surface area (Å²) < 4.78 is 5.44. The second-order valence-corrected chi connectivity index (χ2v) is 8.45. The molecule has 1 atom stereocenters. The maximum Gasteiger partial charge on any atom is 0.410 e. The minimum atomic E-state index is -0.478. The van der Waals surface area contributed by atoms with E-state index >= 15 is 0 Å². The van der Waals surface area contributed by atoms with Crippen LogP contribution in [0.25, 0.3) is 0 Å². The minimum Gasteiger partial charge on any atom is -0.444 e. The van der Waals surface area contributed by atoms with Gasteiger partial charge in [-0.2, -0.15) is 0 Å². The molecule has 24 heavy (non-hydrogen) atoms. The first-order valence-electron chi connectivity index (χ1n) is 9.16. The van der Waals surface area contributed by atoms with Gasteiger partial charge in [0.2, 0.25) is 5.91 Å². The zero-order valence-electron chi connectivity index (χ0n) is 15.7. The molecule has 0 aromatic rings. The molecule has 6 heteroatoms. The molecule has 0 spiro atoms. The number of rotatable bonds is 4. The number of hydrogen-bond donors (Lipinski definition) is 1. The number of hydrogen-bond acceptors (Lipinski definition) is 4. The van der Waals surface area contributed by atoms with Crippen molar-refractivity contribution in [3.8, 4) is 0 Å². The van der Waals surface area contributed by atoms with Gasteiger partial charge in [0.15, 0.2) is 0 Å². The second-order valence-electron chi connectivity index (χ2n) is 8.45. The highest BCUT2D eigenvalue weighted by atomic mass is 16.6. The Morgan fingerprint density at radius 3 is 2.00 bits per heavy atom. The normalized spacial score (nSPS) is 20.9. The van der Waals surface area contributed by atoms with Gasteiger partial charge in [-0.05, 0) is 52.4 Å². The molecule has 2 amide bonds. The van der Waals surface area contributed by atoms with Crippen LogP contribution in [-0.2, 0) is 9.53 Å². The number of nitrogens with two attached hydrogens (primary N) is 1. The van der Waals surface area contributed by atoms with Crippen LogP contribution in [0.1, 0.15) is 60.3 Å². The number of amides is 2. The predicted octanol–water partition coefficient (Wildman–Crippen LogP) is 2.36. The number of carbonyl (C=O) groups is 2. The second kappa shape index (κ2) is 7.30. The van der Waals surface area contributed by atoms with Crippen molar-refractivity contribution in [1.82, 2.24) is 9.80 Å². The smallest absolute Gasteiger partial charge is 0.410 e. The molecule has 138 valence electrons. The largest absolute Gasteiger partial charge is 0.444 e. The lowest BCUT2D eigenvalue weighted by molar-refractivity contribution is -0.137. The molecule has 1 saturated heterocycles. The van der Waals surface area contributed by atoms with Gasteiger partial charge in [0.1, 0.15) is 5.60 Å². The first-order valence-corrected chi connectivity index (χ1v) is 9.16. The molecule has 1 heterocycles. The summed E-state index contributed by atoms with van der Waals surface area (Å²) in [6.45, 7) is 10.9. The van der Waals surface area contributed by atoms with Crippen LogP contribution in [0.5, 0.6) is 0 Å². The Hall–Kier alpha value is -1.30. The molecular formula is C18H33N3O3. The van der Waals surface area contributed by atoms with E-state index < -0.39 is 11.6 Å². The Morgan fingerprint density at radius 1 is 1.08 bits per heavy atom. The highest BCUT2D eigenvalue weighted by Crippen LogP contribution is 2.33. The molecular weight excluding hydrogens is 306 g/mol. The maximum atomic E-state index is 12.8. The lowest BCUT2D eigenvalue weighted by atomic mass is 9.99. The molecule has 2 aliphatic rings. The van der Waals surface area contributed by atoms with E-state index in [2.05, 4.69) is 0 Å². The molecule has 0 radical (unpaired) electrons. The summed E-state index contributed by atoms with van der Waals surface area (Å²) in [6, 6.07) is 0.100. The van der Waals surface area contributed by atoms with E-state index in [9.17, 15) is 9.59 Å². The van der Waals surface area contributed by atoms with E-state index in [-0.39, 0.29) is 24.0 Å². The number of ether oxygens (including phenoxy) is 1. The first kappa shape index (κ1) is 19.0. The monoisotopic (exact) mass is 339 g/mol. The van der Waals surface area contributed by atoms with Crippen molar-refractivity contribution in [1.29, 1.82) is 0 Å². The van der Waals surface area contributed by atoms with Gasteiger partial charge in [0.05, 0.1) is 6.04 Å². The minimum absolute atomic E-state index is 0.0724. The molecule has 0 bridgehead atoms. The van der Waals surface area contributed by atoms with Crippen LogP contribution in [0, 0.1) is 5.92 Å². The zero-order chi connectivity index (χ0) is 18.1. The lowest BCUT2D eigenvalue weighted by Crippen LogP contribution is -2.55. The van der Waals surface area contributed by atoms with E-state index in [0.717, 1.165) is 25.7 Å². The third-order valence-corrected chi connectivity index (χ3v) is 4.71. The molecule has 2 rings (SSSR count). The Labute approximate surface area is 145 Å². The number of nitrogens with zero attached hydrogens (tertiary/aromatic N) is 2. The number of carbonyl (C=O) groups excluding carboxylic acids is 2. The topological polar surface area (TPSA) is 75.9 Å². The molecule has 1 aliphatic carbocycles. The van der Waals surface area contributed by atoms with Gasteiger partial charge >= 0.3 is 6.09 Å². The maximum absolute atomic E-state index is 12.8. The van der Waals surface area contributed by atoms with Gasteiger partial charge < -0.3 is 20.3 Å². The first-order chi connectivity index (χ1) is 11.1. The van der Waals surface area contributed by atoms with Gasteiger partial charge in [-0.15, -0.1) is 0 Å². The molecule has 2 fully saturated rings. The van der Waals surface area contributed by atoms with Crippen LogP contribution in [-0.4, -0.2) is 58.6 Å². The SMILES string of the molecule is CC(C)C(N)C(=O)N(C1CC1)C1CCN(C(=O)OC(C)(C)C)CC1. The van der Waals surface area contributed by atoms with E-state index in [1.54, 1.807) is 4.90 Å². The van der Waals surface area contributed by atoms with Crippen molar-refractivity contribution in [3.63, 3.8) is 0 Å². The fraction of sp³-hybridized carbons (Fsp3) is 0.889. The Morgan fingerprint density at radius 2 is 1.58 bits per heavy atom. The van der Waals surface area contributed by atoms with Gasteiger partial charge in [0, 0.05) is 25.2 Å². The highest BCUT2D eigenvalue weighted by molar-refractivity contribution is 5.83. The molecule has 6 nitrogen and oxygen atoms in total. The molecule has 1 unspecified atom stereocenters. The van der Waals surface area contributed by atoms with Crippen molar-refractivity contribution in [3.05, 3.63) is 0 Å². The van der Waals surface area contributed by atoms with E-state index in [1.165, 1.54) is 0 Å². The van der Waals surface area contributed by atoms with Crippen molar-refractivity contribution in [2.45, 2.75) is 84.0 Å². The predicted molar refractivity (Wildman–Crippen MR) is 93.5 cm³/mol. The van der Waals surface area contributed by atoms with Gasteiger partial charge in [-0.1, -0.05) is 13.8 Å². The summed E-state index contributed by atoms with van der Waals surface area (Å²) in [6.07, 6.45) is 3.48. The Kier molecular flexibility index (Phi) is 5.78. The quantitative estimate of drug-likeness (QED) is 0.853. The highest BCUT2D eigenvalue weighted by Gasteiger charge is 2.41. The summed E-state index contributed by atoms with van der Waals surface area (Å²) in [5.74, 6) is 0.212. The van der Waals surface area contributed by atoms with Crippen molar-refractivity contribution < 1.29 is 14.3 Å². The van der Waals surface area contributed by atoms with Gasteiger partial charge in [-0.3, -0.25) is 4.79 Å². The molecule has 1 aliphatic heterocycles. The fourth-order valence-corrected chi connectivity index (χ4v) is 3.12. The molecule has 1 saturated carbocycles. The summed E-state index contributed by atoms with van der Waals surface area (Å²) in [5.41, 5.74) is 5.62. The van der Waals surface area contributed by atoms with Crippen LogP contribution in [0.4, 0.5) is 4.79 Å². The molecule has 0 aromatic carbocycles. The average molecular weight is 339 g/mol. The molecule has 0 aromatic heterocycles. The number of piperidine rings is 1. The van der Waals surface area contributed by atoms with Crippen LogP contribution in [0.3, 0.4) is 0 Å². The summed E-state index contributed by atoms with van der Waals surface area (Å²) in [4.78, 5) is 28.7. The summed E-state index contributed by atoms with van der Waals surface area (Å²) in [5, 5.41) is 0. The molecule has 2 N–H and O–H groups in total.